The minimum Gasteiger partial charge on any atom is -0.394 e. The standard InChI is InChI=1S/C21H20ClF4N3O4/c1-10-15(17(31)19(33)28-20(2,9-30)21(24,25)26)14-4-3-7-29(14)16(10)18(32)27-11-5-6-13(23)12(22)8-11/h5-6,8,30H,3-4,7,9H2,1-2H3,(H,27,32)(H,28,33). The molecule has 178 valence electrons. The Balaban J connectivity index is 1.94. The molecule has 2 heterocycles. The summed E-state index contributed by atoms with van der Waals surface area (Å²) in [6.45, 7) is 0.862. The lowest BCUT2D eigenvalue weighted by Gasteiger charge is -2.30. The van der Waals surface area contributed by atoms with Gasteiger partial charge in [0, 0.05) is 17.9 Å². The molecule has 12 heteroatoms. The van der Waals surface area contributed by atoms with Gasteiger partial charge < -0.3 is 20.3 Å². The van der Waals surface area contributed by atoms with Crippen molar-refractivity contribution in [3.63, 3.8) is 0 Å². The summed E-state index contributed by atoms with van der Waals surface area (Å²) in [7, 11) is 0. The Bertz CT molecular complexity index is 1150. The largest absolute Gasteiger partial charge is 0.413 e. The first kappa shape index (κ1) is 24.7. The number of nitrogens with zero attached hydrogens (tertiary/aromatic N) is 1. The van der Waals surface area contributed by atoms with Crippen LogP contribution in [-0.4, -0.2) is 45.6 Å². The number of ketones is 1. The van der Waals surface area contributed by atoms with Crippen LogP contribution in [0, 0.1) is 12.7 Å². The molecule has 0 spiro atoms. The predicted octanol–water partition coefficient (Wildman–Crippen LogP) is 3.40. The Labute approximate surface area is 190 Å². The molecule has 1 aliphatic rings. The van der Waals surface area contributed by atoms with Crippen LogP contribution in [-0.2, 0) is 17.8 Å². The number of fused-ring (bicyclic) bond motifs is 1. The number of rotatable bonds is 6. The molecule has 0 aliphatic carbocycles. The molecule has 3 N–H and O–H groups in total. The highest BCUT2D eigenvalue weighted by Crippen LogP contribution is 2.32. The number of carbonyl (C=O) groups excluding carboxylic acids is 3. The predicted molar refractivity (Wildman–Crippen MR) is 111 cm³/mol. The van der Waals surface area contributed by atoms with Gasteiger partial charge in [0.25, 0.3) is 17.6 Å². The molecule has 1 aliphatic heterocycles. The zero-order chi connectivity index (χ0) is 24.7. The highest BCUT2D eigenvalue weighted by molar-refractivity contribution is 6.44. The van der Waals surface area contributed by atoms with Crippen molar-refractivity contribution < 1.29 is 37.1 Å². The van der Waals surface area contributed by atoms with E-state index in [-0.39, 0.29) is 27.5 Å². The molecule has 0 fully saturated rings. The quantitative estimate of drug-likeness (QED) is 0.329. The molecule has 1 aromatic heterocycles. The first-order valence-corrected chi connectivity index (χ1v) is 10.2. The topological polar surface area (TPSA) is 100 Å². The van der Waals surface area contributed by atoms with Gasteiger partial charge in [-0.15, -0.1) is 0 Å². The van der Waals surface area contributed by atoms with Crippen LogP contribution in [0.15, 0.2) is 18.2 Å². The maximum Gasteiger partial charge on any atom is 0.413 e. The fourth-order valence-electron chi connectivity index (χ4n) is 3.70. The van der Waals surface area contributed by atoms with Crippen LogP contribution >= 0.6 is 11.6 Å². The third kappa shape index (κ3) is 4.47. The molecule has 33 heavy (non-hydrogen) atoms. The van der Waals surface area contributed by atoms with E-state index in [9.17, 15) is 31.9 Å². The smallest absolute Gasteiger partial charge is 0.394 e. The Morgan fingerprint density at radius 3 is 2.48 bits per heavy atom. The van der Waals surface area contributed by atoms with Crippen molar-refractivity contribution in [2.75, 3.05) is 11.9 Å². The average molecular weight is 490 g/mol. The molecule has 1 aromatic carbocycles. The van der Waals surface area contributed by atoms with E-state index in [4.69, 9.17) is 16.7 Å². The first-order chi connectivity index (χ1) is 15.3. The van der Waals surface area contributed by atoms with Gasteiger partial charge in [-0.05, 0) is 50.5 Å². The monoisotopic (exact) mass is 489 g/mol. The third-order valence-electron chi connectivity index (χ3n) is 5.57. The normalized spacial score (nSPS) is 15.0. The maximum atomic E-state index is 13.4. The number of aromatic nitrogens is 1. The molecule has 2 aromatic rings. The summed E-state index contributed by atoms with van der Waals surface area (Å²) in [6, 6.07) is 3.55. The van der Waals surface area contributed by atoms with Gasteiger partial charge in [0.2, 0.25) is 0 Å². The highest BCUT2D eigenvalue weighted by Gasteiger charge is 2.52. The lowest BCUT2D eigenvalue weighted by Crippen LogP contribution is -2.60. The maximum absolute atomic E-state index is 13.4. The Morgan fingerprint density at radius 2 is 1.91 bits per heavy atom. The van der Waals surface area contributed by atoms with Crippen LogP contribution < -0.4 is 10.6 Å². The second-order valence-corrected chi connectivity index (χ2v) is 8.31. The highest BCUT2D eigenvalue weighted by atomic mass is 35.5. The van der Waals surface area contributed by atoms with Crippen molar-refractivity contribution in [3.05, 3.63) is 51.6 Å². The summed E-state index contributed by atoms with van der Waals surface area (Å²) in [5, 5.41) is 13.0. The number of nitrogens with one attached hydrogen (secondary N) is 2. The lowest BCUT2D eigenvalue weighted by atomic mass is 9.99. The number of carbonyl (C=O) groups is 3. The Morgan fingerprint density at radius 1 is 1.24 bits per heavy atom. The zero-order valence-electron chi connectivity index (χ0n) is 17.6. The van der Waals surface area contributed by atoms with E-state index in [1.54, 1.807) is 5.32 Å². The number of halogens is 5. The van der Waals surface area contributed by atoms with Gasteiger partial charge in [0.15, 0.2) is 5.54 Å². The van der Waals surface area contributed by atoms with Crippen LogP contribution in [0.5, 0.6) is 0 Å². The molecule has 0 radical (unpaired) electrons. The number of Topliss-reactive ketones (excluding diaryl/α,β-unsaturated/α-hetero) is 1. The summed E-state index contributed by atoms with van der Waals surface area (Å²) >= 11 is 5.73. The third-order valence-corrected chi connectivity index (χ3v) is 5.86. The number of hydrogen-bond acceptors (Lipinski definition) is 4. The molecule has 1 atom stereocenters. The molecule has 7 nitrogen and oxygen atoms in total. The van der Waals surface area contributed by atoms with Crippen LogP contribution in [0.1, 0.15) is 45.4 Å². The molecule has 2 amide bonds. The van der Waals surface area contributed by atoms with Crippen molar-refractivity contribution in [2.45, 2.75) is 44.9 Å². The van der Waals surface area contributed by atoms with E-state index < -0.39 is 41.7 Å². The first-order valence-electron chi connectivity index (χ1n) is 9.83. The fourth-order valence-corrected chi connectivity index (χ4v) is 3.88. The van der Waals surface area contributed by atoms with Crippen molar-refractivity contribution in [3.8, 4) is 0 Å². The molecular weight excluding hydrogens is 470 g/mol. The fraction of sp³-hybridized carbons (Fsp3) is 0.381. The Kier molecular flexibility index (Phi) is 6.58. The van der Waals surface area contributed by atoms with Crippen LogP contribution in [0.4, 0.5) is 23.2 Å². The number of amides is 2. The van der Waals surface area contributed by atoms with Crippen molar-refractivity contribution in [2.24, 2.45) is 0 Å². The van der Waals surface area contributed by atoms with Gasteiger partial charge in [0.05, 0.1) is 17.2 Å². The summed E-state index contributed by atoms with van der Waals surface area (Å²) < 4.78 is 54.6. The van der Waals surface area contributed by atoms with Gasteiger partial charge in [-0.25, -0.2) is 4.39 Å². The molecule has 0 bridgehead atoms. The van der Waals surface area contributed by atoms with Crippen molar-refractivity contribution >= 4 is 34.9 Å². The van der Waals surface area contributed by atoms with E-state index >= 15 is 0 Å². The van der Waals surface area contributed by atoms with Gasteiger partial charge >= 0.3 is 6.18 Å². The van der Waals surface area contributed by atoms with Crippen molar-refractivity contribution in [1.29, 1.82) is 0 Å². The minimum absolute atomic E-state index is 0.0554. The van der Waals surface area contributed by atoms with Gasteiger partial charge in [-0.3, -0.25) is 14.4 Å². The average Bonchev–Trinajstić information content (AvgIpc) is 3.28. The van der Waals surface area contributed by atoms with Crippen LogP contribution in [0.25, 0.3) is 0 Å². The number of aliphatic hydroxyl groups excluding tert-OH is 1. The van der Waals surface area contributed by atoms with Crippen LogP contribution in [0.2, 0.25) is 5.02 Å². The molecule has 0 saturated carbocycles. The molecular formula is C21H20ClF4N3O4. The number of alkyl halides is 3. The number of hydrogen-bond donors (Lipinski definition) is 3. The van der Waals surface area contributed by atoms with Gasteiger partial charge in [-0.2, -0.15) is 13.2 Å². The van der Waals surface area contributed by atoms with Crippen LogP contribution in [0.3, 0.4) is 0 Å². The van der Waals surface area contributed by atoms with E-state index in [0.29, 0.717) is 32.0 Å². The van der Waals surface area contributed by atoms with E-state index in [1.165, 1.54) is 23.6 Å². The number of aliphatic hydroxyl groups is 1. The lowest BCUT2D eigenvalue weighted by molar-refractivity contribution is -0.201. The molecule has 3 rings (SSSR count). The SMILES string of the molecule is Cc1c(C(=O)C(=O)NC(C)(CO)C(F)(F)F)c2n(c1C(=O)Nc1ccc(F)c(Cl)c1)CCC2. The van der Waals surface area contributed by atoms with Crippen molar-refractivity contribution in [1.82, 2.24) is 9.88 Å². The Hall–Kier alpha value is -2.92. The molecule has 0 saturated heterocycles. The minimum atomic E-state index is -5.00. The zero-order valence-corrected chi connectivity index (χ0v) is 18.3. The number of benzene rings is 1. The second-order valence-electron chi connectivity index (χ2n) is 7.90. The second kappa shape index (κ2) is 8.79. The van der Waals surface area contributed by atoms with E-state index in [0.717, 1.165) is 6.07 Å². The number of anilines is 1. The summed E-state index contributed by atoms with van der Waals surface area (Å²) in [6.07, 6.45) is -4.12. The van der Waals surface area contributed by atoms with E-state index in [1.807, 2.05) is 0 Å². The summed E-state index contributed by atoms with van der Waals surface area (Å²) in [5.74, 6) is -4.13. The summed E-state index contributed by atoms with van der Waals surface area (Å²) in [4.78, 5) is 38.2. The van der Waals surface area contributed by atoms with Gasteiger partial charge in [-0.1, -0.05) is 11.6 Å². The summed E-state index contributed by atoms with van der Waals surface area (Å²) in [5.41, 5.74) is -2.46. The van der Waals surface area contributed by atoms with Gasteiger partial charge in [0.1, 0.15) is 11.5 Å². The van der Waals surface area contributed by atoms with E-state index in [2.05, 4.69) is 5.32 Å². The molecule has 1 unspecified atom stereocenters.